The Morgan fingerprint density at radius 3 is 2.27 bits per heavy atom. The van der Waals surface area contributed by atoms with Crippen molar-refractivity contribution < 1.29 is 9.84 Å². The Balaban J connectivity index is 1.75. The molecule has 2 rings (SSSR count). The third kappa shape index (κ3) is 5.56. The van der Waals surface area contributed by atoms with Gasteiger partial charge in [-0.1, -0.05) is 37.6 Å². The molecule has 22 heavy (non-hydrogen) atoms. The van der Waals surface area contributed by atoms with Crippen LogP contribution in [0.2, 0.25) is 5.02 Å². The lowest BCUT2D eigenvalue weighted by Crippen LogP contribution is -2.20. The topological polar surface area (TPSA) is 29.5 Å². The van der Waals surface area contributed by atoms with Crippen molar-refractivity contribution in [1.29, 1.82) is 0 Å². The van der Waals surface area contributed by atoms with Crippen LogP contribution in [0.25, 0.3) is 0 Å². The van der Waals surface area contributed by atoms with Gasteiger partial charge in [-0.3, -0.25) is 0 Å². The maximum Gasteiger partial charge on any atom is 0.119 e. The number of hydrogen-bond acceptors (Lipinski definition) is 3. The lowest BCUT2D eigenvalue weighted by Gasteiger charge is -2.13. The van der Waals surface area contributed by atoms with Crippen LogP contribution in [0.5, 0.6) is 5.75 Å². The molecule has 1 atom stereocenters. The molecular formula is C18H21ClO2S. The first kappa shape index (κ1) is 17.2. The van der Waals surface area contributed by atoms with Gasteiger partial charge in [0.1, 0.15) is 12.4 Å². The van der Waals surface area contributed by atoms with Crippen molar-refractivity contribution in [2.45, 2.75) is 30.8 Å². The van der Waals surface area contributed by atoms with Crippen LogP contribution in [0.4, 0.5) is 0 Å². The highest BCUT2D eigenvalue weighted by Crippen LogP contribution is 2.22. The Kier molecular flexibility index (Phi) is 6.62. The first-order chi connectivity index (χ1) is 10.5. The SMILES string of the molecule is CC(C)c1ccc(OCC(O)CSc2ccc(Cl)cc2)cc1. The van der Waals surface area contributed by atoms with Crippen molar-refractivity contribution in [3.05, 3.63) is 59.1 Å². The van der Waals surface area contributed by atoms with Crippen LogP contribution in [-0.4, -0.2) is 23.6 Å². The molecule has 1 N–H and O–H groups in total. The molecule has 2 aromatic rings. The normalized spacial score (nSPS) is 12.4. The first-order valence-electron chi connectivity index (χ1n) is 7.34. The molecule has 0 aliphatic carbocycles. The van der Waals surface area contributed by atoms with Gasteiger partial charge in [-0.25, -0.2) is 0 Å². The number of ether oxygens (including phenoxy) is 1. The Morgan fingerprint density at radius 2 is 1.68 bits per heavy atom. The number of halogens is 1. The summed E-state index contributed by atoms with van der Waals surface area (Å²) in [5, 5.41) is 10.7. The van der Waals surface area contributed by atoms with Gasteiger partial charge in [0.2, 0.25) is 0 Å². The fourth-order valence-electron chi connectivity index (χ4n) is 1.91. The highest BCUT2D eigenvalue weighted by atomic mass is 35.5. The van der Waals surface area contributed by atoms with Gasteiger partial charge in [0.25, 0.3) is 0 Å². The molecule has 0 fully saturated rings. The molecule has 0 amide bonds. The van der Waals surface area contributed by atoms with E-state index in [0.29, 0.717) is 18.3 Å². The number of rotatable bonds is 7. The summed E-state index contributed by atoms with van der Waals surface area (Å²) >= 11 is 7.43. The summed E-state index contributed by atoms with van der Waals surface area (Å²) in [5.74, 6) is 1.89. The van der Waals surface area contributed by atoms with Gasteiger partial charge in [0.05, 0.1) is 6.10 Å². The minimum absolute atomic E-state index is 0.293. The number of benzene rings is 2. The van der Waals surface area contributed by atoms with Crippen molar-refractivity contribution in [2.24, 2.45) is 0 Å². The van der Waals surface area contributed by atoms with Gasteiger partial charge in [0, 0.05) is 15.7 Å². The predicted molar refractivity (Wildman–Crippen MR) is 94.2 cm³/mol. The van der Waals surface area contributed by atoms with Crippen molar-refractivity contribution >= 4 is 23.4 Å². The van der Waals surface area contributed by atoms with Crippen LogP contribution < -0.4 is 4.74 Å². The van der Waals surface area contributed by atoms with E-state index in [9.17, 15) is 5.11 Å². The van der Waals surface area contributed by atoms with Crippen molar-refractivity contribution in [3.8, 4) is 5.75 Å². The van der Waals surface area contributed by atoms with Crippen molar-refractivity contribution in [2.75, 3.05) is 12.4 Å². The van der Waals surface area contributed by atoms with Gasteiger partial charge in [-0.2, -0.15) is 0 Å². The molecule has 2 aromatic carbocycles. The van der Waals surface area contributed by atoms with Gasteiger partial charge in [-0.15, -0.1) is 11.8 Å². The maximum atomic E-state index is 10.00. The highest BCUT2D eigenvalue weighted by Gasteiger charge is 2.07. The van der Waals surface area contributed by atoms with Crippen LogP contribution in [-0.2, 0) is 0 Å². The average molecular weight is 337 g/mol. The minimum Gasteiger partial charge on any atom is -0.491 e. The Labute approximate surface area is 141 Å². The molecule has 118 valence electrons. The number of aliphatic hydroxyl groups excluding tert-OH is 1. The smallest absolute Gasteiger partial charge is 0.119 e. The summed E-state index contributed by atoms with van der Waals surface area (Å²) in [7, 11) is 0. The van der Waals surface area contributed by atoms with E-state index in [2.05, 4.69) is 26.0 Å². The summed E-state index contributed by atoms with van der Waals surface area (Å²) in [5.41, 5.74) is 1.28. The van der Waals surface area contributed by atoms with E-state index in [0.717, 1.165) is 15.7 Å². The standard InChI is InChI=1S/C18H21ClO2S/c1-13(2)14-3-7-17(8-4-14)21-11-16(20)12-22-18-9-5-15(19)6-10-18/h3-10,13,16,20H,11-12H2,1-2H3. The summed E-state index contributed by atoms with van der Waals surface area (Å²) in [6, 6.07) is 15.6. The number of hydrogen-bond donors (Lipinski definition) is 1. The number of aliphatic hydroxyl groups is 1. The van der Waals surface area contributed by atoms with E-state index < -0.39 is 6.10 Å². The van der Waals surface area contributed by atoms with Crippen LogP contribution in [0.15, 0.2) is 53.4 Å². The van der Waals surface area contributed by atoms with Crippen molar-refractivity contribution in [3.63, 3.8) is 0 Å². The lowest BCUT2D eigenvalue weighted by atomic mass is 10.0. The predicted octanol–water partition coefficient (Wildman–Crippen LogP) is 5.00. The molecule has 0 saturated heterocycles. The number of thioether (sulfide) groups is 1. The third-order valence-corrected chi connectivity index (χ3v) is 4.65. The molecule has 0 saturated carbocycles. The summed E-state index contributed by atoms with van der Waals surface area (Å²) < 4.78 is 5.63. The van der Waals surface area contributed by atoms with Gasteiger partial charge >= 0.3 is 0 Å². The Morgan fingerprint density at radius 1 is 1.05 bits per heavy atom. The molecule has 0 aliphatic rings. The van der Waals surface area contributed by atoms with Crippen molar-refractivity contribution in [1.82, 2.24) is 0 Å². The van der Waals surface area contributed by atoms with Crippen LogP contribution in [0, 0.1) is 0 Å². The molecule has 2 nitrogen and oxygen atoms in total. The van der Waals surface area contributed by atoms with Crippen LogP contribution in [0.1, 0.15) is 25.3 Å². The molecule has 0 radical (unpaired) electrons. The second-order valence-corrected chi connectivity index (χ2v) is 6.98. The highest BCUT2D eigenvalue weighted by molar-refractivity contribution is 7.99. The van der Waals surface area contributed by atoms with E-state index in [1.807, 2.05) is 36.4 Å². The van der Waals surface area contributed by atoms with Crippen LogP contribution in [0.3, 0.4) is 0 Å². The van der Waals surface area contributed by atoms with E-state index in [4.69, 9.17) is 16.3 Å². The molecule has 0 bridgehead atoms. The largest absolute Gasteiger partial charge is 0.491 e. The zero-order chi connectivity index (χ0) is 15.9. The van der Waals surface area contributed by atoms with E-state index in [-0.39, 0.29) is 0 Å². The average Bonchev–Trinajstić information content (AvgIpc) is 2.52. The molecule has 0 aromatic heterocycles. The molecule has 1 unspecified atom stereocenters. The zero-order valence-electron chi connectivity index (χ0n) is 12.8. The molecular weight excluding hydrogens is 316 g/mol. The summed E-state index contributed by atoms with van der Waals surface area (Å²) in [6.45, 7) is 4.61. The van der Waals surface area contributed by atoms with Crippen LogP contribution >= 0.6 is 23.4 Å². The van der Waals surface area contributed by atoms with Gasteiger partial charge in [-0.05, 0) is 47.9 Å². The van der Waals surface area contributed by atoms with E-state index in [1.54, 1.807) is 11.8 Å². The summed E-state index contributed by atoms with van der Waals surface area (Å²) in [4.78, 5) is 1.09. The van der Waals surface area contributed by atoms with Gasteiger partial charge < -0.3 is 9.84 Å². The van der Waals surface area contributed by atoms with Gasteiger partial charge in [0.15, 0.2) is 0 Å². The quantitative estimate of drug-likeness (QED) is 0.722. The fraction of sp³-hybridized carbons (Fsp3) is 0.333. The maximum absolute atomic E-state index is 10.00. The monoisotopic (exact) mass is 336 g/mol. The molecule has 0 aliphatic heterocycles. The zero-order valence-corrected chi connectivity index (χ0v) is 14.4. The first-order valence-corrected chi connectivity index (χ1v) is 8.70. The summed E-state index contributed by atoms with van der Waals surface area (Å²) in [6.07, 6.45) is -0.509. The molecule has 0 heterocycles. The third-order valence-electron chi connectivity index (χ3n) is 3.25. The second kappa shape index (κ2) is 8.47. The fourth-order valence-corrected chi connectivity index (χ4v) is 2.85. The minimum atomic E-state index is -0.509. The lowest BCUT2D eigenvalue weighted by molar-refractivity contribution is 0.126. The molecule has 0 spiro atoms. The van der Waals surface area contributed by atoms with E-state index in [1.165, 1.54) is 5.56 Å². The Bertz CT molecular complexity index is 567. The second-order valence-electron chi connectivity index (χ2n) is 5.45. The Hall–Kier alpha value is -1.16. The molecule has 4 heteroatoms. The van der Waals surface area contributed by atoms with E-state index >= 15 is 0 Å².